The molecule has 3 aromatic rings. The van der Waals surface area contributed by atoms with Crippen LogP contribution >= 0.6 is 11.6 Å². The predicted molar refractivity (Wildman–Crippen MR) is 181 cm³/mol. The van der Waals surface area contributed by atoms with Crippen LogP contribution in [-0.2, 0) is 15.8 Å². The number of carbonyl (C=O) groups is 1. The highest BCUT2D eigenvalue weighted by molar-refractivity contribution is 6.74. The molecule has 0 aromatic heterocycles. The van der Waals surface area contributed by atoms with Gasteiger partial charge in [-0.1, -0.05) is 93.9 Å². The number of halogens is 1. The molecular formula is C36H46ClNO5Si. The highest BCUT2D eigenvalue weighted by Crippen LogP contribution is 2.39. The van der Waals surface area contributed by atoms with E-state index in [1.165, 1.54) is 11.1 Å². The van der Waals surface area contributed by atoms with Crippen molar-refractivity contribution in [2.24, 2.45) is 0 Å². The van der Waals surface area contributed by atoms with E-state index in [2.05, 4.69) is 52.9 Å². The zero-order chi connectivity index (χ0) is 31.7. The van der Waals surface area contributed by atoms with Crippen LogP contribution in [0.15, 0.2) is 84.4 Å². The maximum absolute atomic E-state index is 13.5. The lowest BCUT2D eigenvalue weighted by Crippen LogP contribution is -2.50. The Morgan fingerprint density at radius 1 is 0.932 bits per heavy atom. The van der Waals surface area contributed by atoms with Gasteiger partial charge in [-0.15, -0.1) is 0 Å². The fourth-order valence-electron chi connectivity index (χ4n) is 4.88. The number of carbonyl (C=O) groups excluding carboxylic acids is 1. The molecule has 0 saturated carbocycles. The molecule has 1 atom stereocenters. The minimum atomic E-state index is -2.03. The molecule has 236 valence electrons. The lowest BCUT2D eigenvalue weighted by molar-refractivity contribution is 0.0683. The molecule has 1 amide bonds. The van der Waals surface area contributed by atoms with E-state index in [-0.39, 0.29) is 23.8 Å². The summed E-state index contributed by atoms with van der Waals surface area (Å²) < 4.78 is 24.2. The fraction of sp³-hybridized carbons (Fsp3) is 0.417. The summed E-state index contributed by atoms with van der Waals surface area (Å²) in [6.07, 6.45) is 1.24. The summed E-state index contributed by atoms with van der Waals surface area (Å²) in [5, 5.41) is 0.655. The van der Waals surface area contributed by atoms with E-state index < -0.39 is 8.32 Å². The molecule has 0 N–H and O–H groups in total. The van der Waals surface area contributed by atoms with Crippen molar-refractivity contribution in [2.75, 3.05) is 26.4 Å². The number of nitrogens with zero attached hydrogens (tertiary/aromatic N) is 1. The highest BCUT2D eigenvalue weighted by Gasteiger charge is 2.40. The van der Waals surface area contributed by atoms with Crippen molar-refractivity contribution >= 4 is 31.6 Å². The highest BCUT2D eigenvalue weighted by atomic mass is 35.5. The van der Waals surface area contributed by atoms with Gasteiger partial charge in [-0.2, -0.15) is 0 Å². The standard InChI is InChI=1S/C36H46ClNO5Si/c1-7-28-24-38(35(39)42-25-27-13-9-8-10-14-27)30(26-43-44(5,6)36(2,3)4)23-32(28)29-17-19-31(20-18-29)40-21-22-41-34-16-12-11-15-33(34)37/h8-20,30H,7,21-26H2,1-6H3. The number of benzene rings is 3. The fourth-order valence-corrected chi connectivity index (χ4v) is 6.11. The van der Waals surface area contributed by atoms with Crippen LogP contribution in [0.4, 0.5) is 4.79 Å². The van der Waals surface area contributed by atoms with Crippen LogP contribution in [-0.4, -0.2) is 51.7 Å². The van der Waals surface area contributed by atoms with Crippen molar-refractivity contribution in [3.8, 4) is 11.5 Å². The summed E-state index contributed by atoms with van der Waals surface area (Å²) in [5.74, 6) is 1.42. The van der Waals surface area contributed by atoms with Crippen LogP contribution in [0, 0.1) is 0 Å². The molecule has 0 fully saturated rings. The van der Waals surface area contributed by atoms with E-state index in [1.54, 1.807) is 6.07 Å². The summed E-state index contributed by atoms with van der Waals surface area (Å²) in [7, 11) is -2.03. The van der Waals surface area contributed by atoms with Crippen LogP contribution in [0.2, 0.25) is 23.2 Å². The molecule has 0 aliphatic carbocycles. The van der Waals surface area contributed by atoms with Gasteiger partial charge in [-0.05, 0) is 77.5 Å². The van der Waals surface area contributed by atoms with Gasteiger partial charge in [-0.3, -0.25) is 4.90 Å². The zero-order valence-corrected chi connectivity index (χ0v) is 28.7. The molecule has 0 saturated heterocycles. The molecule has 1 aliphatic rings. The van der Waals surface area contributed by atoms with Gasteiger partial charge >= 0.3 is 6.09 Å². The number of ether oxygens (including phenoxy) is 3. The Hall–Kier alpha value is -3.26. The van der Waals surface area contributed by atoms with Gasteiger partial charge < -0.3 is 18.6 Å². The molecule has 4 rings (SSSR count). The van der Waals surface area contributed by atoms with Gasteiger partial charge in [0.2, 0.25) is 0 Å². The van der Waals surface area contributed by atoms with Crippen LogP contribution in [0.25, 0.3) is 5.57 Å². The van der Waals surface area contributed by atoms with Gasteiger partial charge in [0.1, 0.15) is 31.3 Å². The maximum atomic E-state index is 13.5. The first-order valence-electron chi connectivity index (χ1n) is 15.4. The Morgan fingerprint density at radius 3 is 2.25 bits per heavy atom. The SMILES string of the molecule is CCC1=C(c2ccc(OCCOc3ccccc3Cl)cc2)CC(CO[Si](C)(C)C(C)(C)C)N(C(=O)OCc2ccccc2)C1. The molecule has 0 spiro atoms. The van der Waals surface area contributed by atoms with Crippen molar-refractivity contribution in [3.05, 3.63) is 101 Å². The summed E-state index contributed by atoms with van der Waals surface area (Å²) >= 11 is 6.17. The Kier molecular flexibility index (Phi) is 11.6. The van der Waals surface area contributed by atoms with Gasteiger partial charge in [0.05, 0.1) is 17.7 Å². The third-order valence-electron chi connectivity index (χ3n) is 8.63. The summed E-state index contributed by atoms with van der Waals surface area (Å²) in [6.45, 7) is 15.4. The largest absolute Gasteiger partial charge is 0.490 e. The van der Waals surface area contributed by atoms with E-state index in [0.29, 0.717) is 43.6 Å². The number of hydrogen-bond acceptors (Lipinski definition) is 5. The van der Waals surface area contributed by atoms with Crippen molar-refractivity contribution in [2.45, 2.75) is 71.3 Å². The molecule has 0 radical (unpaired) electrons. The zero-order valence-electron chi connectivity index (χ0n) is 26.9. The van der Waals surface area contributed by atoms with E-state index in [1.807, 2.05) is 65.6 Å². The molecule has 8 heteroatoms. The number of para-hydroxylation sites is 1. The van der Waals surface area contributed by atoms with Crippen molar-refractivity contribution in [1.82, 2.24) is 4.90 Å². The quantitative estimate of drug-likeness (QED) is 0.147. The molecule has 1 unspecified atom stereocenters. The van der Waals surface area contributed by atoms with Crippen molar-refractivity contribution in [1.29, 1.82) is 0 Å². The second-order valence-corrected chi connectivity index (χ2v) is 17.9. The minimum Gasteiger partial charge on any atom is -0.490 e. The van der Waals surface area contributed by atoms with Crippen LogP contribution < -0.4 is 9.47 Å². The molecule has 44 heavy (non-hydrogen) atoms. The van der Waals surface area contributed by atoms with E-state index in [9.17, 15) is 4.79 Å². The van der Waals surface area contributed by atoms with Crippen LogP contribution in [0.1, 0.15) is 51.7 Å². The van der Waals surface area contributed by atoms with E-state index in [4.69, 9.17) is 30.2 Å². The smallest absolute Gasteiger partial charge is 0.410 e. The first-order valence-corrected chi connectivity index (χ1v) is 18.7. The molecule has 6 nitrogen and oxygen atoms in total. The second-order valence-electron chi connectivity index (χ2n) is 12.7. The van der Waals surface area contributed by atoms with Gasteiger partial charge in [0.25, 0.3) is 0 Å². The molecule has 1 aliphatic heterocycles. The first kappa shape index (κ1) is 33.6. The van der Waals surface area contributed by atoms with Gasteiger partial charge in [0, 0.05) is 6.54 Å². The second kappa shape index (κ2) is 15.1. The Labute approximate surface area is 269 Å². The van der Waals surface area contributed by atoms with Gasteiger partial charge in [0.15, 0.2) is 8.32 Å². The Morgan fingerprint density at radius 2 is 1.59 bits per heavy atom. The van der Waals surface area contributed by atoms with Crippen molar-refractivity contribution in [3.63, 3.8) is 0 Å². The normalized spacial score (nSPS) is 15.7. The summed E-state index contributed by atoms with van der Waals surface area (Å²) in [5.41, 5.74) is 4.59. The van der Waals surface area contributed by atoms with Crippen LogP contribution in [0.5, 0.6) is 11.5 Å². The van der Waals surface area contributed by atoms with Crippen molar-refractivity contribution < 1.29 is 23.4 Å². The van der Waals surface area contributed by atoms with E-state index >= 15 is 0 Å². The molecular weight excluding hydrogens is 590 g/mol. The molecule has 3 aromatic carbocycles. The topological polar surface area (TPSA) is 57.2 Å². The maximum Gasteiger partial charge on any atom is 0.410 e. The van der Waals surface area contributed by atoms with Crippen LogP contribution in [0.3, 0.4) is 0 Å². The number of rotatable bonds is 12. The molecule has 1 heterocycles. The van der Waals surface area contributed by atoms with E-state index in [0.717, 1.165) is 23.3 Å². The average Bonchev–Trinajstić information content (AvgIpc) is 3.01. The third kappa shape index (κ3) is 8.90. The summed E-state index contributed by atoms with van der Waals surface area (Å²) in [4.78, 5) is 15.4. The lowest BCUT2D eigenvalue weighted by atomic mass is 9.88. The van der Waals surface area contributed by atoms with Gasteiger partial charge in [-0.25, -0.2) is 4.79 Å². The Bertz CT molecular complexity index is 1400. The number of amides is 1. The first-order chi connectivity index (χ1) is 21.0. The Balaban J connectivity index is 1.46. The lowest BCUT2D eigenvalue weighted by Gasteiger charge is -2.41. The summed E-state index contributed by atoms with van der Waals surface area (Å²) in [6, 6.07) is 25.3. The number of hydrogen-bond donors (Lipinski definition) is 0. The average molecular weight is 636 g/mol. The third-order valence-corrected chi connectivity index (χ3v) is 13.4. The molecule has 0 bridgehead atoms. The predicted octanol–water partition coefficient (Wildman–Crippen LogP) is 9.39. The monoisotopic (exact) mass is 635 g/mol. The minimum absolute atomic E-state index is 0.0712.